The number of aliphatic hydroxyl groups excluding tert-OH is 2. The maximum atomic E-state index is 10.5. The number of esters is 1. The number of hydrogen-bond donors (Lipinski definition) is 2. The Balaban J connectivity index is 2.39. The van der Waals surface area contributed by atoms with E-state index in [0.29, 0.717) is 6.42 Å². The van der Waals surface area contributed by atoms with Crippen LogP contribution in [0.25, 0.3) is 0 Å². The zero-order valence-electron chi connectivity index (χ0n) is 9.17. The van der Waals surface area contributed by atoms with Crippen molar-refractivity contribution in [2.24, 2.45) is 0 Å². The van der Waals surface area contributed by atoms with Crippen LogP contribution in [-0.4, -0.2) is 35.0 Å². The second-order valence-electron chi connectivity index (χ2n) is 3.63. The van der Waals surface area contributed by atoms with Crippen LogP contribution in [0, 0.1) is 0 Å². The van der Waals surface area contributed by atoms with Crippen LogP contribution >= 0.6 is 0 Å². The van der Waals surface area contributed by atoms with Gasteiger partial charge in [0.05, 0.1) is 6.10 Å². The smallest absolute Gasteiger partial charge is 0.302 e. The summed E-state index contributed by atoms with van der Waals surface area (Å²) >= 11 is 0. The molecule has 0 aliphatic carbocycles. The van der Waals surface area contributed by atoms with Gasteiger partial charge < -0.3 is 14.9 Å². The number of benzene rings is 1. The van der Waals surface area contributed by atoms with E-state index in [-0.39, 0.29) is 6.61 Å². The van der Waals surface area contributed by atoms with Gasteiger partial charge in [-0.05, 0) is 5.56 Å². The SMILES string of the molecule is CC(=O)OC[C@@H](O)[C@@H](O)Cc1ccccc1. The molecule has 0 amide bonds. The minimum absolute atomic E-state index is 0.177. The first-order valence-electron chi connectivity index (χ1n) is 5.13. The summed E-state index contributed by atoms with van der Waals surface area (Å²) in [4.78, 5) is 10.5. The molecule has 0 aliphatic rings. The normalized spacial score (nSPS) is 14.2. The Bertz CT molecular complexity index is 323. The van der Waals surface area contributed by atoms with Gasteiger partial charge in [0.15, 0.2) is 0 Å². The minimum Gasteiger partial charge on any atom is -0.463 e. The summed E-state index contributed by atoms with van der Waals surface area (Å²) in [6.07, 6.45) is -1.64. The van der Waals surface area contributed by atoms with Gasteiger partial charge in [-0.3, -0.25) is 4.79 Å². The highest BCUT2D eigenvalue weighted by molar-refractivity contribution is 5.65. The third-order valence-corrected chi connectivity index (χ3v) is 2.19. The number of hydrogen-bond acceptors (Lipinski definition) is 4. The largest absolute Gasteiger partial charge is 0.463 e. The predicted molar refractivity (Wildman–Crippen MR) is 58.8 cm³/mol. The molecule has 4 nitrogen and oxygen atoms in total. The first-order valence-corrected chi connectivity index (χ1v) is 5.13. The molecule has 0 saturated carbocycles. The molecule has 2 atom stereocenters. The van der Waals surface area contributed by atoms with E-state index in [9.17, 15) is 15.0 Å². The van der Waals surface area contributed by atoms with E-state index in [0.717, 1.165) is 5.56 Å². The van der Waals surface area contributed by atoms with Gasteiger partial charge in [-0.25, -0.2) is 0 Å². The number of carbonyl (C=O) groups is 1. The first-order chi connectivity index (χ1) is 7.59. The number of aliphatic hydroxyl groups is 2. The lowest BCUT2D eigenvalue weighted by Crippen LogP contribution is -2.32. The molecule has 0 fully saturated rings. The van der Waals surface area contributed by atoms with Crippen molar-refractivity contribution in [1.29, 1.82) is 0 Å². The van der Waals surface area contributed by atoms with Gasteiger partial charge >= 0.3 is 5.97 Å². The lowest BCUT2D eigenvalue weighted by molar-refractivity contribution is -0.146. The van der Waals surface area contributed by atoms with Gasteiger partial charge in [-0.1, -0.05) is 30.3 Å². The second-order valence-corrected chi connectivity index (χ2v) is 3.63. The minimum atomic E-state index is -1.05. The molecule has 4 heteroatoms. The Labute approximate surface area is 94.5 Å². The summed E-state index contributed by atoms with van der Waals surface area (Å²) in [6, 6.07) is 9.33. The lowest BCUT2D eigenvalue weighted by atomic mass is 10.0. The standard InChI is InChI=1S/C12H16O4/c1-9(13)16-8-12(15)11(14)7-10-5-3-2-4-6-10/h2-6,11-12,14-15H,7-8H2,1H3/t11-,12+/m0/s1. The van der Waals surface area contributed by atoms with Crippen LogP contribution in [0.4, 0.5) is 0 Å². The van der Waals surface area contributed by atoms with Crippen LogP contribution in [0.3, 0.4) is 0 Å². The molecular formula is C12H16O4. The fraction of sp³-hybridized carbons (Fsp3) is 0.417. The van der Waals surface area contributed by atoms with Gasteiger partial charge in [-0.2, -0.15) is 0 Å². The maximum Gasteiger partial charge on any atom is 0.302 e. The Morgan fingerprint density at radius 3 is 2.44 bits per heavy atom. The van der Waals surface area contributed by atoms with Crippen molar-refractivity contribution in [3.8, 4) is 0 Å². The van der Waals surface area contributed by atoms with Gasteiger partial charge in [-0.15, -0.1) is 0 Å². The molecule has 0 heterocycles. The first kappa shape index (κ1) is 12.7. The summed E-state index contributed by atoms with van der Waals surface area (Å²) in [6.45, 7) is 1.08. The fourth-order valence-electron chi connectivity index (χ4n) is 1.31. The van der Waals surface area contributed by atoms with Crippen molar-refractivity contribution in [3.05, 3.63) is 35.9 Å². The second kappa shape index (κ2) is 6.25. The van der Waals surface area contributed by atoms with Crippen molar-refractivity contribution < 1.29 is 19.7 Å². The molecule has 0 aromatic heterocycles. The molecule has 88 valence electrons. The molecule has 0 unspecified atom stereocenters. The van der Waals surface area contributed by atoms with E-state index in [1.165, 1.54) is 6.92 Å². The van der Waals surface area contributed by atoms with Crippen LogP contribution < -0.4 is 0 Å². The zero-order chi connectivity index (χ0) is 12.0. The van der Waals surface area contributed by atoms with Crippen LogP contribution in [0.15, 0.2) is 30.3 Å². The molecule has 0 spiro atoms. The molecule has 0 bridgehead atoms. The molecule has 0 saturated heterocycles. The number of ether oxygens (including phenoxy) is 1. The van der Waals surface area contributed by atoms with E-state index >= 15 is 0 Å². The van der Waals surface area contributed by atoms with E-state index < -0.39 is 18.2 Å². The quantitative estimate of drug-likeness (QED) is 0.715. The van der Waals surface area contributed by atoms with E-state index in [1.54, 1.807) is 0 Å². The zero-order valence-corrected chi connectivity index (χ0v) is 9.17. The summed E-state index contributed by atoms with van der Waals surface area (Å²) in [5.41, 5.74) is 0.928. The molecule has 0 radical (unpaired) electrons. The molecule has 1 rings (SSSR count). The maximum absolute atomic E-state index is 10.5. The lowest BCUT2D eigenvalue weighted by Gasteiger charge is -2.17. The van der Waals surface area contributed by atoms with Crippen molar-refractivity contribution in [3.63, 3.8) is 0 Å². The molecule has 1 aromatic rings. The van der Waals surface area contributed by atoms with Gasteiger partial charge in [0.1, 0.15) is 12.7 Å². The molecule has 2 N–H and O–H groups in total. The van der Waals surface area contributed by atoms with E-state index in [4.69, 9.17) is 0 Å². The number of rotatable bonds is 5. The average Bonchev–Trinajstić information content (AvgIpc) is 2.27. The third-order valence-electron chi connectivity index (χ3n) is 2.19. The highest BCUT2D eigenvalue weighted by atomic mass is 16.5. The monoisotopic (exact) mass is 224 g/mol. The predicted octanol–water partition coefficient (Wildman–Crippen LogP) is 0.514. The summed E-state index contributed by atoms with van der Waals surface area (Å²) < 4.78 is 4.61. The molecule has 0 aliphatic heterocycles. The third kappa shape index (κ3) is 4.42. The molecule has 16 heavy (non-hydrogen) atoms. The van der Waals surface area contributed by atoms with Crippen molar-refractivity contribution in [2.45, 2.75) is 25.6 Å². The number of carbonyl (C=O) groups excluding carboxylic acids is 1. The Morgan fingerprint density at radius 2 is 1.88 bits per heavy atom. The van der Waals surface area contributed by atoms with Crippen LogP contribution in [0.1, 0.15) is 12.5 Å². The molecular weight excluding hydrogens is 208 g/mol. The Hall–Kier alpha value is -1.39. The van der Waals surface area contributed by atoms with E-state index in [2.05, 4.69) is 4.74 Å². The van der Waals surface area contributed by atoms with Crippen LogP contribution in [0.5, 0.6) is 0 Å². The topological polar surface area (TPSA) is 66.8 Å². The average molecular weight is 224 g/mol. The van der Waals surface area contributed by atoms with Crippen LogP contribution in [-0.2, 0) is 16.0 Å². The van der Waals surface area contributed by atoms with Crippen molar-refractivity contribution >= 4 is 5.97 Å². The van der Waals surface area contributed by atoms with Gasteiger partial charge in [0.2, 0.25) is 0 Å². The van der Waals surface area contributed by atoms with Gasteiger partial charge in [0, 0.05) is 13.3 Å². The summed E-state index contributed by atoms with van der Waals surface area (Å²) in [7, 11) is 0. The van der Waals surface area contributed by atoms with Crippen LogP contribution in [0.2, 0.25) is 0 Å². The summed E-state index contributed by atoms with van der Waals surface area (Å²) in [5.74, 6) is -0.467. The fourth-order valence-corrected chi connectivity index (χ4v) is 1.31. The molecule has 1 aromatic carbocycles. The highest BCUT2D eigenvalue weighted by Crippen LogP contribution is 2.06. The summed E-state index contributed by atoms with van der Waals surface area (Å²) in [5, 5.41) is 19.1. The van der Waals surface area contributed by atoms with Crippen molar-refractivity contribution in [2.75, 3.05) is 6.61 Å². The van der Waals surface area contributed by atoms with E-state index in [1.807, 2.05) is 30.3 Å². The van der Waals surface area contributed by atoms with Gasteiger partial charge in [0.25, 0.3) is 0 Å². The highest BCUT2D eigenvalue weighted by Gasteiger charge is 2.17. The van der Waals surface area contributed by atoms with Crippen molar-refractivity contribution in [1.82, 2.24) is 0 Å². The Kier molecular flexibility index (Phi) is 4.95. The Morgan fingerprint density at radius 1 is 1.25 bits per heavy atom.